The monoisotopic (exact) mass is 364 g/mol. The van der Waals surface area contributed by atoms with Gasteiger partial charge in [0.1, 0.15) is 11.9 Å². The molecule has 0 saturated carbocycles. The van der Waals surface area contributed by atoms with E-state index in [9.17, 15) is 4.79 Å². The maximum Gasteiger partial charge on any atom is 0.264 e. The van der Waals surface area contributed by atoms with Gasteiger partial charge in [0.2, 0.25) is 0 Å². The van der Waals surface area contributed by atoms with Gasteiger partial charge in [0, 0.05) is 7.11 Å². The van der Waals surface area contributed by atoms with E-state index in [-0.39, 0.29) is 17.6 Å². The molecule has 0 spiro atoms. The summed E-state index contributed by atoms with van der Waals surface area (Å²) < 4.78 is 6.10. The topological polar surface area (TPSA) is 55.0 Å². The highest BCUT2D eigenvalue weighted by molar-refractivity contribution is 14.1. The van der Waals surface area contributed by atoms with E-state index in [4.69, 9.17) is 4.74 Å². The van der Waals surface area contributed by atoms with E-state index in [1.54, 1.807) is 7.11 Å². The summed E-state index contributed by atoms with van der Waals surface area (Å²) >= 11 is 2.06. The number of methoxy groups -OCH3 is 1. The number of aromatic nitrogens is 2. The zero-order valence-electron chi connectivity index (χ0n) is 11.6. The number of ether oxygens (including phenoxy) is 1. The first-order chi connectivity index (χ1) is 8.36. The molecule has 0 aromatic carbocycles. The molecule has 102 valence electrons. The molecule has 1 N–H and O–H groups in total. The van der Waals surface area contributed by atoms with E-state index < -0.39 is 0 Å². The lowest BCUT2D eigenvalue weighted by molar-refractivity contribution is 0.0570. The molecule has 1 rings (SSSR count). The Bertz CT molecular complexity index is 455. The SMILES string of the molecule is COC(c1nc(CC(C)C)c(I)c(=O)[nH]1)C(C)C. The quantitative estimate of drug-likeness (QED) is 0.818. The van der Waals surface area contributed by atoms with Crippen molar-refractivity contribution in [1.82, 2.24) is 9.97 Å². The molecule has 4 nitrogen and oxygen atoms in total. The number of hydrogen-bond acceptors (Lipinski definition) is 3. The van der Waals surface area contributed by atoms with Gasteiger partial charge >= 0.3 is 0 Å². The maximum atomic E-state index is 11.9. The van der Waals surface area contributed by atoms with Crippen LogP contribution in [-0.2, 0) is 11.2 Å². The molecule has 0 aliphatic rings. The van der Waals surface area contributed by atoms with Crippen molar-refractivity contribution in [3.8, 4) is 0 Å². The summed E-state index contributed by atoms with van der Waals surface area (Å²) in [5.74, 6) is 1.37. The molecule has 0 amide bonds. The highest BCUT2D eigenvalue weighted by Crippen LogP contribution is 2.22. The lowest BCUT2D eigenvalue weighted by Gasteiger charge is -2.19. The fourth-order valence-corrected chi connectivity index (χ4v) is 2.36. The zero-order chi connectivity index (χ0) is 13.9. The minimum Gasteiger partial charge on any atom is -0.373 e. The highest BCUT2D eigenvalue weighted by atomic mass is 127. The first kappa shape index (κ1) is 15.6. The van der Waals surface area contributed by atoms with Crippen molar-refractivity contribution in [2.75, 3.05) is 7.11 Å². The van der Waals surface area contributed by atoms with Gasteiger partial charge in [0.15, 0.2) is 0 Å². The van der Waals surface area contributed by atoms with Crippen molar-refractivity contribution < 1.29 is 4.74 Å². The molecule has 1 unspecified atom stereocenters. The molecular formula is C13H21IN2O2. The number of nitrogens with zero attached hydrogens (tertiary/aromatic N) is 1. The van der Waals surface area contributed by atoms with Gasteiger partial charge in [-0.15, -0.1) is 0 Å². The second kappa shape index (κ2) is 6.65. The summed E-state index contributed by atoms with van der Waals surface area (Å²) in [6, 6.07) is 0. The summed E-state index contributed by atoms with van der Waals surface area (Å²) in [5, 5.41) is 0. The Kier molecular flexibility index (Phi) is 5.78. The average molecular weight is 364 g/mol. The van der Waals surface area contributed by atoms with Gasteiger partial charge in [0.05, 0.1) is 9.26 Å². The van der Waals surface area contributed by atoms with E-state index >= 15 is 0 Å². The van der Waals surface area contributed by atoms with Crippen LogP contribution in [0.5, 0.6) is 0 Å². The number of aromatic amines is 1. The maximum absolute atomic E-state index is 11.9. The van der Waals surface area contributed by atoms with E-state index in [1.807, 2.05) is 13.8 Å². The molecule has 18 heavy (non-hydrogen) atoms. The summed E-state index contributed by atoms with van der Waals surface area (Å²) in [6.07, 6.45) is 0.643. The number of rotatable bonds is 5. The molecule has 0 aliphatic heterocycles. The van der Waals surface area contributed by atoms with Crippen LogP contribution in [0, 0.1) is 15.4 Å². The minimum atomic E-state index is -0.166. The highest BCUT2D eigenvalue weighted by Gasteiger charge is 2.20. The lowest BCUT2D eigenvalue weighted by Crippen LogP contribution is -2.23. The van der Waals surface area contributed by atoms with Gasteiger partial charge in [-0.3, -0.25) is 4.79 Å². The summed E-state index contributed by atoms with van der Waals surface area (Å²) in [6.45, 7) is 8.34. The summed E-state index contributed by atoms with van der Waals surface area (Å²) in [7, 11) is 1.64. The van der Waals surface area contributed by atoms with Crippen molar-refractivity contribution in [1.29, 1.82) is 0 Å². The van der Waals surface area contributed by atoms with Crippen molar-refractivity contribution in [3.05, 3.63) is 25.4 Å². The third kappa shape index (κ3) is 3.78. The molecule has 0 aliphatic carbocycles. The van der Waals surface area contributed by atoms with E-state index in [0.717, 1.165) is 12.1 Å². The number of nitrogens with one attached hydrogen (secondary N) is 1. The Labute approximate surface area is 122 Å². The fourth-order valence-electron chi connectivity index (χ4n) is 1.88. The Balaban J connectivity index is 3.22. The molecule has 1 heterocycles. The summed E-state index contributed by atoms with van der Waals surface area (Å²) in [4.78, 5) is 19.3. The molecule has 1 atom stereocenters. The van der Waals surface area contributed by atoms with Gasteiger partial charge in [-0.1, -0.05) is 27.7 Å². The van der Waals surface area contributed by atoms with Crippen LogP contribution in [0.25, 0.3) is 0 Å². The van der Waals surface area contributed by atoms with E-state index in [2.05, 4.69) is 46.4 Å². The van der Waals surface area contributed by atoms with Gasteiger partial charge in [-0.2, -0.15) is 0 Å². The largest absolute Gasteiger partial charge is 0.373 e. The molecule has 0 saturated heterocycles. The van der Waals surface area contributed by atoms with E-state index in [1.165, 1.54) is 0 Å². The second-order valence-electron chi connectivity index (χ2n) is 5.21. The van der Waals surface area contributed by atoms with Crippen molar-refractivity contribution in [3.63, 3.8) is 0 Å². The lowest BCUT2D eigenvalue weighted by atomic mass is 10.1. The Morgan fingerprint density at radius 2 is 1.94 bits per heavy atom. The van der Waals surface area contributed by atoms with Crippen LogP contribution in [0.3, 0.4) is 0 Å². The van der Waals surface area contributed by atoms with Crippen LogP contribution >= 0.6 is 22.6 Å². The molecule has 0 fully saturated rings. The first-order valence-electron chi connectivity index (χ1n) is 6.18. The first-order valence-corrected chi connectivity index (χ1v) is 7.26. The second-order valence-corrected chi connectivity index (χ2v) is 6.29. The third-order valence-corrected chi connectivity index (χ3v) is 3.79. The van der Waals surface area contributed by atoms with Crippen LogP contribution in [-0.4, -0.2) is 17.1 Å². The van der Waals surface area contributed by atoms with Crippen LogP contribution in [0.1, 0.15) is 45.3 Å². The number of hydrogen-bond donors (Lipinski definition) is 1. The van der Waals surface area contributed by atoms with Crippen molar-refractivity contribution in [2.24, 2.45) is 11.8 Å². The molecule has 1 aromatic heterocycles. The molecule has 0 bridgehead atoms. The number of halogens is 1. The Morgan fingerprint density at radius 1 is 1.33 bits per heavy atom. The van der Waals surface area contributed by atoms with Crippen LogP contribution < -0.4 is 5.56 Å². The normalized spacial score (nSPS) is 13.3. The predicted octanol–water partition coefficient (Wildman–Crippen LogP) is 2.92. The van der Waals surface area contributed by atoms with Crippen LogP contribution in [0.2, 0.25) is 0 Å². The zero-order valence-corrected chi connectivity index (χ0v) is 13.7. The third-order valence-electron chi connectivity index (χ3n) is 2.68. The molecule has 0 radical (unpaired) electrons. The standard InChI is InChI=1S/C13H21IN2O2/c1-7(2)6-9-10(14)13(17)16-12(15-9)11(18-5)8(3)4/h7-8,11H,6H2,1-5H3,(H,15,16,17). The number of H-pyrrole nitrogens is 1. The van der Waals surface area contributed by atoms with Crippen molar-refractivity contribution >= 4 is 22.6 Å². The average Bonchev–Trinajstić information content (AvgIpc) is 2.24. The van der Waals surface area contributed by atoms with E-state index in [0.29, 0.717) is 15.3 Å². The molecule has 5 heteroatoms. The van der Waals surface area contributed by atoms with Crippen LogP contribution in [0.15, 0.2) is 4.79 Å². The summed E-state index contributed by atoms with van der Waals surface area (Å²) in [5.41, 5.74) is 0.797. The Morgan fingerprint density at radius 3 is 2.39 bits per heavy atom. The van der Waals surface area contributed by atoms with Gasteiger partial charge < -0.3 is 9.72 Å². The smallest absolute Gasteiger partial charge is 0.264 e. The van der Waals surface area contributed by atoms with Crippen molar-refractivity contribution in [2.45, 2.75) is 40.2 Å². The predicted molar refractivity (Wildman–Crippen MR) is 80.7 cm³/mol. The van der Waals surface area contributed by atoms with Gasteiger partial charge in [-0.05, 0) is 40.8 Å². The molecular weight excluding hydrogens is 343 g/mol. The van der Waals surface area contributed by atoms with Gasteiger partial charge in [0.25, 0.3) is 5.56 Å². The van der Waals surface area contributed by atoms with Crippen LogP contribution in [0.4, 0.5) is 0 Å². The van der Waals surface area contributed by atoms with Gasteiger partial charge in [-0.25, -0.2) is 4.98 Å². The molecule has 1 aromatic rings. The minimum absolute atomic E-state index is 0.0704. The Hall–Kier alpha value is -0.430. The fraction of sp³-hybridized carbons (Fsp3) is 0.692.